The van der Waals surface area contributed by atoms with Crippen molar-refractivity contribution in [2.24, 2.45) is 5.92 Å². The van der Waals surface area contributed by atoms with Gasteiger partial charge in [0.15, 0.2) is 0 Å². The van der Waals surface area contributed by atoms with Gasteiger partial charge in [0.05, 0.1) is 18.1 Å². The lowest BCUT2D eigenvalue weighted by Crippen LogP contribution is -2.38. The van der Waals surface area contributed by atoms with Crippen molar-refractivity contribution in [3.05, 3.63) is 28.8 Å². The van der Waals surface area contributed by atoms with Gasteiger partial charge in [0.2, 0.25) is 0 Å². The highest BCUT2D eigenvalue weighted by Gasteiger charge is 2.25. The summed E-state index contributed by atoms with van der Waals surface area (Å²) in [5, 5.41) is 9.66. The molecule has 1 N–H and O–H groups in total. The predicted molar refractivity (Wildman–Crippen MR) is 73.6 cm³/mol. The second-order valence-corrected chi connectivity index (χ2v) is 5.29. The van der Waals surface area contributed by atoms with Crippen molar-refractivity contribution in [1.29, 1.82) is 0 Å². The van der Waals surface area contributed by atoms with Gasteiger partial charge in [0.25, 0.3) is 0 Å². The molecule has 1 aliphatic rings. The first-order valence-corrected chi connectivity index (χ1v) is 6.75. The van der Waals surface area contributed by atoms with Crippen LogP contribution in [-0.2, 0) is 11.3 Å². The molecule has 0 radical (unpaired) electrons. The minimum atomic E-state index is -0.697. The largest absolute Gasteiger partial charge is 0.495 e. The number of likely N-dealkylation sites (tertiary alicyclic amines) is 1. The van der Waals surface area contributed by atoms with E-state index in [2.05, 4.69) is 4.90 Å². The van der Waals surface area contributed by atoms with Crippen molar-refractivity contribution in [2.45, 2.75) is 19.4 Å². The molecule has 0 aromatic heterocycles. The molecule has 0 spiro atoms. The minimum absolute atomic E-state index is 0.248. The molecule has 0 saturated carbocycles. The molecule has 1 fully saturated rings. The molecule has 1 aromatic rings. The lowest BCUT2D eigenvalue weighted by molar-refractivity contribution is -0.143. The topological polar surface area (TPSA) is 49.8 Å². The number of nitrogens with zero attached hydrogens (tertiary/aromatic N) is 1. The van der Waals surface area contributed by atoms with Gasteiger partial charge in [-0.05, 0) is 37.1 Å². The molecule has 1 heterocycles. The molecule has 104 valence electrons. The number of carboxylic acid groups (broad SMARTS) is 1. The monoisotopic (exact) mass is 283 g/mol. The Bertz CT molecular complexity index is 464. The Kier molecular flexibility index (Phi) is 4.66. The SMILES string of the molecule is COc1ccc(CN2CCC[C@@H](C(=O)O)C2)cc1Cl. The van der Waals surface area contributed by atoms with Crippen LogP contribution >= 0.6 is 11.6 Å². The van der Waals surface area contributed by atoms with Crippen molar-refractivity contribution in [3.63, 3.8) is 0 Å². The van der Waals surface area contributed by atoms with E-state index in [4.69, 9.17) is 21.4 Å². The molecule has 1 saturated heterocycles. The summed E-state index contributed by atoms with van der Waals surface area (Å²) in [6.45, 7) is 2.28. The van der Waals surface area contributed by atoms with Crippen LogP contribution in [0, 0.1) is 5.92 Å². The molecule has 1 aliphatic heterocycles. The highest BCUT2D eigenvalue weighted by Crippen LogP contribution is 2.26. The summed E-state index contributed by atoms with van der Waals surface area (Å²) in [5.41, 5.74) is 1.08. The summed E-state index contributed by atoms with van der Waals surface area (Å²) in [6.07, 6.45) is 1.70. The lowest BCUT2D eigenvalue weighted by atomic mass is 9.98. The standard InChI is InChI=1S/C14H18ClNO3/c1-19-13-5-4-10(7-12(13)15)8-16-6-2-3-11(9-16)14(17)18/h4-5,7,11H,2-3,6,8-9H2,1H3,(H,17,18)/t11-/m1/s1. The molecule has 2 rings (SSSR count). The number of piperidine rings is 1. The zero-order valence-electron chi connectivity index (χ0n) is 10.9. The van der Waals surface area contributed by atoms with Crippen LogP contribution in [0.5, 0.6) is 5.75 Å². The molecule has 0 unspecified atom stereocenters. The number of hydrogen-bond donors (Lipinski definition) is 1. The average Bonchev–Trinajstić information content (AvgIpc) is 2.39. The summed E-state index contributed by atoms with van der Waals surface area (Å²) in [4.78, 5) is 13.2. The summed E-state index contributed by atoms with van der Waals surface area (Å²) in [5.74, 6) is -0.285. The van der Waals surface area contributed by atoms with E-state index in [1.54, 1.807) is 7.11 Å². The number of methoxy groups -OCH3 is 1. The molecule has 0 bridgehead atoms. The molecule has 19 heavy (non-hydrogen) atoms. The molecule has 1 aromatic carbocycles. The molecule has 4 nitrogen and oxygen atoms in total. The van der Waals surface area contributed by atoms with Crippen LogP contribution in [0.1, 0.15) is 18.4 Å². The van der Waals surface area contributed by atoms with E-state index in [0.29, 0.717) is 17.3 Å². The fourth-order valence-corrected chi connectivity index (χ4v) is 2.75. The second kappa shape index (κ2) is 6.26. The van der Waals surface area contributed by atoms with E-state index in [1.807, 2.05) is 18.2 Å². The van der Waals surface area contributed by atoms with Crippen LogP contribution in [0.4, 0.5) is 0 Å². The Morgan fingerprint density at radius 1 is 1.58 bits per heavy atom. The molecule has 0 amide bonds. The predicted octanol–water partition coefficient (Wildman–Crippen LogP) is 2.65. The highest BCUT2D eigenvalue weighted by molar-refractivity contribution is 6.32. The number of rotatable bonds is 4. The Balaban J connectivity index is 2.00. The number of carboxylic acids is 1. The fourth-order valence-electron chi connectivity index (χ4n) is 2.47. The van der Waals surface area contributed by atoms with E-state index >= 15 is 0 Å². The highest BCUT2D eigenvalue weighted by atomic mass is 35.5. The van der Waals surface area contributed by atoms with Crippen molar-refractivity contribution < 1.29 is 14.6 Å². The number of hydrogen-bond acceptors (Lipinski definition) is 3. The Morgan fingerprint density at radius 3 is 3.00 bits per heavy atom. The van der Waals surface area contributed by atoms with E-state index in [-0.39, 0.29) is 5.92 Å². The van der Waals surface area contributed by atoms with Crippen LogP contribution in [0.2, 0.25) is 5.02 Å². The van der Waals surface area contributed by atoms with Crippen LogP contribution in [0.15, 0.2) is 18.2 Å². The molecular formula is C14H18ClNO3. The second-order valence-electron chi connectivity index (χ2n) is 4.88. The number of halogens is 1. The first-order chi connectivity index (χ1) is 9.10. The summed E-state index contributed by atoms with van der Waals surface area (Å²) < 4.78 is 5.12. The normalized spacial score (nSPS) is 20.2. The number of ether oxygens (including phenoxy) is 1. The van der Waals surface area contributed by atoms with E-state index < -0.39 is 5.97 Å². The van der Waals surface area contributed by atoms with Crippen molar-refractivity contribution in [1.82, 2.24) is 4.90 Å². The van der Waals surface area contributed by atoms with Gasteiger partial charge in [0.1, 0.15) is 5.75 Å². The third kappa shape index (κ3) is 3.61. The summed E-state index contributed by atoms with van der Waals surface area (Å²) in [6, 6.07) is 5.69. The third-order valence-electron chi connectivity index (χ3n) is 3.48. The van der Waals surface area contributed by atoms with Gasteiger partial charge in [-0.15, -0.1) is 0 Å². The molecular weight excluding hydrogens is 266 g/mol. The molecule has 5 heteroatoms. The van der Waals surface area contributed by atoms with Crippen LogP contribution < -0.4 is 4.74 Å². The van der Waals surface area contributed by atoms with Gasteiger partial charge < -0.3 is 9.84 Å². The number of carbonyl (C=O) groups is 1. The zero-order valence-corrected chi connectivity index (χ0v) is 11.7. The minimum Gasteiger partial charge on any atom is -0.495 e. The van der Waals surface area contributed by atoms with Crippen molar-refractivity contribution in [2.75, 3.05) is 20.2 Å². The third-order valence-corrected chi connectivity index (χ3v) is 3.77. The Hall–Kier alpha value is -1.26. The first-order valence-electron chi connectivity index (χ1n) is 6.37. The van der Waals surface area contributed by atoms with Gasteiger partial charge in [-0.2, -0.15) is 0 Å². The van der Waals surface area contributed by atoms with E-state index in [1.165, 1.54) is 0 Å². The van der Waals surface area contributed by atoms with E-state index in [0.717, 1.165) is 31.5 Å². The van der Waals surface area contributed by atoms with Crippen LogP contribution in [0.3, 0.4) is 0 Å². The van der Waals surface area contributed by atoms with E-state index in [9.17, 15) is 4.79 Å². The Morgan fingerprint density at radius 2 is 2.37 bits per heavy atom. The molecule has 0 aliphatic carbocycles. The van der Waals surface area contributed by atoms with Gasteiger partial charge >= 0.3 is 5.97 Å². The Labute approximate surface area is 117 Å². The average molecular weight is 284 g/mol. The van der Waals surface area contributed by atoms with Gasteiger partial charge in [0, 0.05) is 13.1 Å². The number of benzene rings is 1. The van der Waals surface area contributed by atoms with Crippen LogP contribution in [-0.4, -0.2) is 36.2 Å². The van der Waals surface area contributed by atoms with Gasteiger partial charge in [-0.1, -0.05) is 17.7 Å². The summed E-state index contributed by atoms with van der Waals surface area (Å²) >= 11 is 6.09. The first kappa shape index (κ1) is 14.2. The zero-order chi connectivity index (χ0) is 13.8. The van der Waals surface area contributed by atoms with Crippen LogP contribution in [0.25, 0.3) is 0 Å². The van der Waals surface area contributed by atoms with Gasteiger partial charge in [-0.25, -0.2) is 0 Å². The van der Waals surface area contributed by atoms with Crippen molar-refractivity contribution in [3.8, 4) is 5.75 Å². The maximum atomic E-state index is 11.0. The smallest absolute Gasteiger partial charge is 0.307 e. The maximum Gasteiger partial charge on any atom is 0.307 e. The molecule has 1 atom stereocenters. The maximum absolute atomic E-state index is 11.0. The fraction of sp³-hybridized carbons (Fsp3) is 0.500. The quantitative estimate of drug-likeness (QED) is 0.923. The van der Waals surface area contributed by atoms with Gasteiger partial charge in [-0.3, -0.25) is 9.69 Å². The lowest BCUT2D eigenvalue weighted by Gasteiger charge is -2.30. The van der Waals surface area contributed by atoms with Crippen molar-refractivity contribution >= 4 is 17.6 Å². The number of aliphatic carboxylic acids is 1. The summed E-state index contributed by atoms with van der Waals surface area (Å²) in [7, 11) is 1.59.